The van der Waals surface area contributed by atoms with Gasteiger partial charge in [0.2, 0.25) is 11.8 Å². The molecule has 3 amide bonds. The largest absolute Gasteiger partial charge is 0.352 e. The SMILES string of the molecule is CN(CC(=O)Nc1cccc(F)c1)C(=O)CCNC(=O)c1ccc(Cl)cc1. The first-order valence-corrected chi connectivity index (χ1v) is 8.56. The molecule has 27 heavy (non-hydrogen) atoms. The van der Waals surface area contributed by atoms with Gasteiger partial charge in [0.25, 0.3) is 5.91 Å². The second-order valence-corrected chi connectivity index (χ2v) is 6.26. The maximum atomic E-state index is 13.1. The number of nitrogens with one attached hydrogen (secondary N) is 2. The monoisotopic (exact) mass is 391 g/mol. The Morgan fingerprint density at radius 1 is 1.11 bits per heavy atom. The predicted molar refractivity (Wildman–Crippen MR) is 101 cm³/mol. The zero-order chi connectivity index (χ0) is 19.8. The molecule has 6 nitrogen and oxygen atoms in total. The van der Waals surface area contributed by atoms with E-state index in [1.165, 1.54) is 30.1 Å². The van der Waals surface area contributed by atoms with Crippen LogP contribution in [-0.4, -0.2) is 42.8 Å². The summed E-state index contributed by atoms with van der Waals surface area (Å²) in [6, 6.07) is 11.9. The summed E-state index contributed by atoms with van der Waals surface area (Å²) in [5.74, 6) is -1.53. The van der Waals surface area contributed by atoms with E-state index in [0.717, 1.165) is 0 Å². The van der Waals surface area contributed by atoms with Crippen molar-refractivity contribution in [1.29, 1.82) is 0 Å². The molecule has 2 aromatic carbocycles. The number of halogens is 2. The molecule has 0 fully saturated rings. The topological polar surface area (TPSA) is 78.5 Å². The zero-order valence-corrected chi connectivity index (χ0v) is 15.4. The molecule has 0 aliphatic heterocycles. The minimum absolute atomic E-state index is 0.0447. The third kappa shape index (κ3) is 6.71. The van der Waals surface area contributed by atoms with E-state index in [4.69, 9.17) is 11.6 Å². The van der Waals surface area contributed by atoms with Crippen LogP contribution in [0.5, 0.6) is 0 Å². The van der Waals surface area contributed by atoms with Gasteiger partial charge >= 0.3 is 0 Å². The molecule has 0 aliphatic rings. The summed E-state index contributed by atoms with van der Waals surface area (Å²) in [5.41, 5.74) is 0.755. The number of carbonyl (C=O) groups excluding carboxylic acids is 3. The third-order valence-corrected chi connectivity index (χ3v) is 3.90. The van der Waals surface area contributed by atoms with Crippen LogP contribution < -0.4 is 10.6 Å². The number of carbonyl (C=O) groups is 3. The first kappa shape index (κ1) is 20.4. The summed E-state index contributed by atoms with van der Waals surface area (Å²) >= 11 is 5.76. The van der Waals surface area contributed by atoms with Crippen LogP contribution in [0.25, 0.3) is 0 Å². The molecule has 0 saturated carbocycles. The Hall–Kier alpha value is -2.93. The van der Waals surface area contributed by atoms with Gasteiger partial charge in [0.15, 0.2) is 0 Å². The lowest BCUT2D eigenvalue weighted by atomic mass is 10.2. The van der Waals surface area contributed by atoms with Gasteiger partial charge in [-0.25, -0.2) is 4.39 Å². The number of anilines is 1. The number of rotatable bonds is 7. The highest BCUT2D eigenvalue weighted by atomic mass is 35.5. The summed E-state index contributed by atoms with van der Waals surface area (Å²) in [7, 11) is 1.48. The van der Waals surface area contributed by atoms with Gasteiger partial charge in [-0.2, -0.15) is 0 Å². The Kier molecular flexibility index (Phi) is 7.31. The fourth-order valence-corrected chi connectivity index (χ4v) is 2.37. The van der Waals surface area contributed by atoms with Gasteiger partial charge < -0.3 is 15.5 Å². The van der Waals surface area contributed by atoms with Crippen molar-refractivity contribution in [2.45, 2.75) is 6.42 Å². The van der Waals surface area contributed by atoms with E-state index < -0.39 is 11.7 Å². The second-order valence-electron chi connectivity index (χ2n) is 5.82. The second kappa shape index (κ2) is 9.68. The molecule has 0 unspecified atom stereocenters. The van der Waals surface area contributed by atoms with Crippen LogP contribution in [0.1, 0.15) is 16.8 Å². The average Bonchev–Trinajstić information content (AvgIpc) is 2.61. The number of benzene rings is 2. The molecule has 0 aliphatic carbocycles. The number of amides is 3. The standard InChI is InChI=1S/C19H19ClFN3O3/c1-24(12-17(25)23-16-4-2-3-15(21)11-16)18(26)9-10-22-19(27)13-5-7-14(20)8-6-13/h2-8,11H,9-10,12H2,1H3,(H,22,27)(H,23,25). The first-order valence-electron chi connectivity index (χ1n) is 8.18. The molecule has 2 rings (SSSR count). The van der Waals surface area contributed by atoms with E-state index in [9.17, 15) is 18.8 Å². The lowest BCUT2D eigenvalue weighted by Gasteiger charge is -2.17. The minimum Gasteiger partial charge on any atom is -0.352 e. The summed E-state index contributed by atoms with van der Waals surface area (Å²) in [6.45, 7) is -0.0450. The van der Waals surface area contributed by atoms with Crippen LogP contribution in [0.2, 0.25) is 5.02 Å². The van der Waals surface area contributed by atoms with Crippen LogP contribution in [-0.2, 0) is 9.59 Å². The van der Waals surface area contributed by atoms with Crippen LogP contribution in [0.15, 0.2) is 48.5 Å². The van der Waals surface area contributed by atoms with Gasteiger partial charge in [0, 0.05) is 36.3 Å². The smallest absolute Gasteiger partial charge is 0.251 e. The molecular weight excluding hydrogens is 373 g/mol. The molecule has 0 bridgehead atoms. The predicted octanol–water partition coefficient (Wildman–Crippen LogP) is 2.70. The molecule has 0 aromatic heterocycles. The Morgan fingerprint density at radius 3 is 2.48 bits per heavy atom. The maximum Gasteiger partial charge on any atom is 0.251 e. The highest BCUT2D eigenvalue weighted by molar-refractivity contribution is 6.30. The van der Waals surface area contributed by atoms with Crippen LogP contribution in [0.3, 0.4) is 0 Å². The molecule has 2 aromatic rings. The molecule has 0 atom stereocenters. The van der Waals surface area contributed by atoms with Crippen molar-refractivity contribution in [3.8, 4) is 0 Å². The minimum atomic E-state index is -0.464. The molecule has 0 spiro atoms. The Bertz CT molecular complexity index is 827. The van der Waals surface area contributed by atoms with Crippen molar-refractivity contribution < 1.29 is 18.8 Å². The van der Waals surface area contributed by atoms with E-state index in [2.05, 4.69) is 10.6 Å². The van der Waals surface area contributed by atoms with Gasteiger partial charge in [-0.1, -0.05) is 17.7 Å². The first-order chi connectivity index (χ1) is 12.8. The number of nitrogens with zero attached hydrogens (tertiary/aromatic N) is 1. The summed E-state index contributed by atoms with van der Waals surface area (Å²) in [4.78, 5) is 37.2. The molecular formula is C19H19ClFN3O3. The molecule has 0 radical (unpaired) electrons. The molecule has 142 valence electrons. The third-order valence-electron chi connectivity index (χ3n) is 3.65. The van der Waals surface area contributed by atoms with Crippen molar-refractivity contribution in [3.63, 3.8) is 0 Å². The maximum absolute atomic E-state index is 13.1. The normalized spacial score (nSPS) is 10.2. The zero-order valence-electron chi connectivity index (χ0n) is 14.7. The Labute approximate surface area is 161 Å². The molecule has 0 saturated heterocycles. The lowest BCUT2D eigenvalue weighted by Crippen LogP contribution is -2.37. The van der Waals surface area contributed by atoms with Gasteiger partial charge in [-0.3, -0.25) is 14.4 Å². The Balaban J connectivity index is 1.74. The quantitative estimate of drug-likeness (QED) is 0.761. The van der Waals surface area contributed by atoms with Crippen molar-refractivity contribution in [3.05, 3.63) is 64.9 Å². The Morgan fingerprint density at radius 2 is 1.81 bits per heavy atom. The van der Waals surface area contributed by atoms with E-state index in [1.54, 1.807) is 30.3 Å². The van der Waals surface area contributed by atoms with Crippen LogP contribution in [0, 0.1) is 5.82 Å². The summed E-state index contributed by atoms with van der Waals surface area (Å²) < 4.78 is 13.1. The molecule has 8 heteroatoms. The van der Waals surface area contributed by atoms with Crippen molar-refractivity contribution in [2.24, 2.45) is 0 Å². The van der Waals surface area contributed by atoms with Crippen molar-refractivity contribution >= 4 is 35.0 Å². The highest BCUT2D eigenvalue weighted by Gasteiger charge is 2.14. The fraction of sp³-hybridized carbons (Fsp3) is 0.211. The van der Waals surface area contributed by atoms with Crippen molar-refractivity contribution in [2.75, 3.05) is 25.5 Å². The van der Waals surface area contributed by atoms with E-state index in [1.807, 2.05) is 0 Å². The average molecular weight is 392 g/mol. The van der Waals surface area contributed by atoms with Gasteiger partial charge in [-0.05, 0) is 42.5 Å². The van der Waals surface area contributed by atoms with E-state index >= 15 is 0 Å². The summed E-state index contributed by atoms with van der Waals surface area (Å²) in [5, 5.41) is 5.68. The van der Waals surface area contributed by atoms with E-state index in [-0.39, 0.29) is 31.3 Å². The highest BCUT2D eigenvalue weighted by Crippen LogP contribution is 2.10. The fourth-order valence-electron chi connectivity index (χ4n) is 2.25. The van der Waals surface area contributed by atoms with Crippen LogP contribution >= 0.6 is 11.6 Å². The number of hydrogen-bond acceptors (Lipinski definition) is 3. The molecule has 0 heterocycles. The lowest BCUT2D eigenvalue weighted by molar-refractivity contribution is -0.133. The number of likely N-dealkylation sites (N-methyl/N-ethyl adjacent to an activating group) is 1. The van der Waals surface area contributed by atoms with Gasteiger partial charge in [0.1, 0.15) is 5.82 Å². The van der Waals surface area contributed by atoms with Crippen molar-refractivity contribution in [1.82, 2.24) is 10.2 Å². The molecule has 2 N–H and O–H groups in total. The number of hydrogen-bond donors (Lipinski definition) is 2. The van der Waals surface area contributed by atoms with E-state index in [0.29, 0.717) is 16.3 Å². The van der Waals surface area contributed by atoms with Gasteiger partial charge in [-0.15, -0.1) is 0 Å². The van der Waals surface area contributed by atoms with Crippen LogP contribution in [0.4, 0.5) is 10.1 Å². The van der Waals surface area contributed by atoms with Gasteiger partial charge in [0.05, 0.1) is 6.54 Å². The summed E-state index contributed by atoms with van der Waals surface area (Å²) in [6.07, 6.45) is 0.0447.